The first kappa shape index (κ1) is 8.05. The van der Waals surface area contributed by atoms with E-state index in [1.54, 1.807) is 6.34 Å². The van der Waals surface area contributed by atoms with Gasteiger partial charge in [-0.15, -0.1) is 0 Å². The standard InChI is InChI=1S/C11H12N2/c1-11(7-8-12-9-13-11)10-5-3-2-4-6-10/h2-9H,1H3,(H,12,13). The van der Waals surface area contributed by atoms with E-state index >= 15 is 0 Å². The topological polar surface area (TPSA) is 24.4 Å². The van der Waals surface area contributed by atoms with E-state index in [4.69, 9.17) is 0 Å². The van der Waals surface area contributed by atoms with Crippen LogP contribution in [0.2, 0.25) is 0 Å². The molecule has 2 rings (SSSR count). The summed E-state index contributed by atoms with van der Waals surface area (Å²) in [6.45, 7) is 2.13. The number of nitrogens with one attached hydrogen (secondary N) is 1. The van der Waals surface area contributed by atoms with Crippen LogP contribution in [0.5, 0.6) is 0 Å². The number of nitrogens with zero attached hydrogens (tertiary/aromatic N) is 1. The predicted molar refractivity (Wildman–Crippen MR) is 54.6 cm³/mol. The number of aliphatic imine (C=N–C) groups is 1. The Kier molecular flexibility index (Phi) is 1.89. The molecule has 0 amide bonds. The van der Waals surface area contributed by atoms with Crippen molar-refractivity contribution in [3.05, 3.63) is 48.2 Å². The van der Waals surface area contributed by atoms with Crippen LogP contribution in [-0.2, 0) is 5.54 Å². The quantitative estimate of drug-likeness (QED) is 0.688. The maximum absolute atomic E-state index is 3.98. The van der Waals surface area contributed by atoms with E-state index in [9.17, 15) is 0 Å². The summed E-state index contributed by atoms with van der Waals surface area (Å²) in [6.07, 6.45) is 5.61. The Hall–Kier alpha value is -1.57. The minimum Gasteiger partial charge on any atom is -0.363 e. The average molecular weight is 172 g/mol. The van der Waals surface area contributed by atoms with Crippen LogP contribution in [0.25, 0.3) is 0 Å². The van der Waals surface area contributed by atoms with Crippen LogP contribution >= 0.6 is 0 Å². The summed E-state index contributed by atoms with van der Waals surface area (Å²) in [5.41, 5.74) is 1.14. The van der Waals surface area contributed by atoms with Crippen molar-refractivity contribution in [2.24, 2.45) is 4.99 Å². The van der Waals surface area contributed by atoms with E-state index in [1.807, 2.05) is 24.4 Å². The zero-order valence-corrected chi connectivity index (χ0v) is 7.57. The Morgan fingerprint density at radius 2 is 2.00 bits per heavy atom. The Labute approximate surface area is 78.0 Å². The first-order valence-corrected chi connectivity index (χ1v) is 4.34. The van der Waals surface area contributed by atoms with Crippen molar-refractivity contribution < 1.29 is 0 Å². The number of rotatable bonds is 1. The molecule has 2 nitrogen and oxygen atoms in total. The predicted octanol–water partition coefficient (Wildman–Crippen LogP) is 2.05. The van der Waals surface area contributed by atoms with Crippen molar-refractivity contribution in [1.29, 1.82) is 0 Å². The molecular formula is C11H12N2. The van der Waals surface area contributed by atoms with Gasteiger partial charge in [0, 0.05) is 6.20 Å². The normalized spacial score (nSPS) is 25.6. The van der Waals surface area contributed by atoms with Crippen LogP contribution in [0.3, 0.4) is 0 Å². The van der Waals surface area contributed by atoms with Gasteiger partial charge in [-0.3, -0.25) is 0 Å². The molecule has 0 spiro atoms. The summed E-state index contributed by atoms with van der Waals surface area (Å²) >= 11 is 0. The lowest BCUT2D eigenvalue weighted by atomic mass is 9.92. The third-order valence-electron chi connectivity index (χ3n) is 2.31. The molecule has 0 fully saturated rings. The lowest BCUT2D eigenvalue weighted by molar-refractivity contribution is 0.552. The van der Waals surface area contributed by atoms with Crippen molar-refractivity contribution in [2.45, 2.75) is 12.5 Å². The molecule has 1 N–H and O–H groups in total. The Balaban J connectivity index is 2.35. The molecule has 0 saturated heterocycles. The minimum atomic E-state index is -0.108. The molecule has 1 aromatic carbocycles. The second-order valence-electron chi connectivity index (χ2n) is 3.31. The van der Waals surface area contributed by atoms with E-state index in [0.717, 1.165) is 0 Å². The third kappa shape index (κ3) is 1.47. The summed E-state index contributed by atoms with van der Waals surface area (Å²) < 4.78 is 0. The van der Waals surface area contributed by atoms with Crippen molar-refractivity contribution in [1.82, 2.24) is 5.32 Å². The molecule has 66 valence electrons. The lowest BCUT2D eigenvalue weighted by Gasteiger charge is -2.28. The summed E-state index contributed by atoms with van der Waals surface area (Å²) in [4.78, 5) is 3.98. The molecule has 0 aliphatic carbocycles. The van der Waals surface area contributed by atoms with Crippen LogP contribution in [0.1, 0.15) is 12.5 Å². The summed E-state index contributed by atoms with van der Waals surface area (Å²) in [6, 6.07) is 10.3. The van der Waals surface area contributed by atoms with Crippen LogP contribution in [0, 0.1) is 0 Å². The lowest BCUT2D eigenvalue weighted by Crippen LogP contribution is -2.38. The minimum absolute atomic E-state index is 0.108. The fraction of sp³-hybridized carbons (Fsp3) is 0.182. The molecule has 13 heavy (non-hydrogen) atoms. The molecule has 0 bridgehead atoms. The molecular weight excluding hydrogens is 160 g/mol. The van der Waals surface area contributed by atoms with Crippen molar-refractivity contribution >= 4 is 6.34 Å². The maximum atomic E-state index is 3.98. The average Bonchev–Trinajstić information content (AvgIpc) is 2.20. The largest absolute Gasteiger partial charge is 0.363 e. The number of hydrogen-bond acceptors (Lipinski definition) is 2. The molecule has 0 saturated carbocycles. The highest BCUT2D eigenvalue weighted by molar-refractivity contribution is 5.60. The molecule has 0 aromatic heterocycles. The van der Waals surface area contributed by atoms with E-state index < -0.39 is 0 Å². The maximum Gasteiger partial charge on any atom is 0.0888 e. The summed E-state index contributed by atoms with van der Waals surface area (Å²) in [5, 5.41) is 3.23. The van der Waals surface area contributed by atoms with E-state index in [-0.39, 0.29) is 5.54 Å². The van der Waals surface area contributed by atoms with Crippen molar-refractivity contribution in [3.63, 3.8) is 0 Å². The van der Waals surface area contributed by atoms with Gasteiger partial charge >= 0.3 is 0 Å². The Bertz CT molecular complexity index is 340. The van der Waals surface area contributed by atoms with Gasteiger partial charge in [0.05, 0.1) is 11.9 Å². The summed E-state index contributed by atoms with van der Waals surface area (Å²) in [7, 11) is 0. The van der Waals surface area contributed by atoms with Crippen LogP contribution in [0.15, 0.2) is 47.6 Å². The SMILES string of the molecule is CC1(c2ccccc2)C=CN=CN1. The van der Waals surface area contributed by atoms with Gasteiger partial charge in [0.1, 0.15) is 0 Å². The fourth-order valence-electron chi connectivity index (χ4n) is 1.42. The Morgan fingerprint density at radius 3 is 2.62 bits per heavy atom. The van der Waals surface area contributed by atoms with Gasteiger partial charge in [0.25, 0.3) is 0 Å². The number of benzene rings is 1. The second-order valence-corrected chi connectivity index (χ2v) is 3.31. The second kappa shape index (κ2) is 3.05. The molecule has 0 radical (unpaired) electrons. The number of hydrogen-bond donors (Lipinski definition) is 1. The molecule has 1 aliphatic rings. The fourth-order valence-corrected chi connectivity index (χ4v) is 1.42. The van der Waals surface area contributed by atoms with E-state index in [1.165, 1.54) is 5.56 Å². The highest BCUT2D eigenvalue weighted by Crippen LogP contribution is 2.22. The first-order valence-electron chi connectivity index (χ1n) is 4.34. The smallest absolute Gasteiger partial charge is 0.0888 e. The molecule has 1 unspecified atom stereocenters. The first-order chi connectivity index (χ1) is 6.31. The molecule has 1 aromatic rings. The third-order valence-corrected chi connectivity index (χ3v) is 2.31. The van der Waals surface area contributed by atoms with E-state index in [0.29, 0.717) is 0 Å². The molecule has 1 heterocycles. The highest BCUT2D eigenvalue weighted by atomic mass is 15.0. The highest BCUT2D eigenvalue weighted by Gasteiger charge is 2.22. The summed E-state index contributed by atoms with van der Waals surface area (Å²) in [5.74, 6) is 0. The van der Waals surface area contributed by atoms with Crippen LogP contribution < -0.4 is 5.32 Å². The molecule has 1 aliphatic heterocycles. The zero-order valence-electron chi connectivity index (χ0n) is 7.57. The molecule has 2 heteroatoms. The monoisotopic (exact) mass is 172 g/mol. The van der Waals surface area contributed by atoms with Gasteiger partial charge < -0.3 is 5.32 Å². The van der Waals surface area contributed by atoms with Gasteiger partial charge in [0.2, 0.25) is 0 Å². The van der Waals surface area contributed by atoms with Gasteiger partial charge in [0.15, 0.2) is 0 Å². The molecule has 1 atom stereocenters. The van der Waals surface area contributed by atoms with E-state index in [2.05, 4.69) is 35.4 Å². The van der Waals surface area contributed by atoms with Gasteiger partial charge in [-0.1, -0.05) is 30.3 Å². The van der Waals surface area contributed by atoms with Crippen LogP contribution in [-0.4, -0.2) is 6.34 Å². The van der Waals surface area contributed by atoms with Gasteiger partial charge in [-0.05, 0) is 18.6 Å². The van der Waals surface area contributed by atoms with Crippen molar-refractivity contribution in [2.75, 3.05) is 0 Å². The van der Waals surface area contributed by atoms with Gasteiger partial charge in [-0.25, -0.2) is 4.99 Å². The zero-order chi connectivity index (χ0) is 9.15. The van der Waals surface area contributed by atoms with Crippen molar-refractivity contribution in [3.8, 4) is 0 Å². The Morgan fingerprint density at radius 1 is 1.23 bits per heavy atom. The van der Waals surface area contributed by atoms with Gasteiger partial charge in [-0.2, -0.15) is 0 Å². The van der Waals surface area contributed by atoms with Crippen LogP contribution in [0.4, 0.5) is 0 Å².